The quantitative estimate of drug-likeness (QED) is 0.728. The number of nitrogens with zero attached hydrogens (tertiary/aromatic N) is 2. The highest BCUT2D eigenvalue weighted by molar-refractivity contribution is 5.76. The molecule has 1 aromatic heterocycles. The summed E-state index contributed by atoms with van der Waals surface area (Å²) < 4.78 is 1.73. The Kier molecular flexibility index (Phi) is 3.01. The van der Waals surface area contributed by atoms with Gasteiger partial charge in [0.2, 0.25) is 5.91 Å². The summed E-state index contributed by atoms with van der Waals surface area (Å²) in [6, 6.07) is 2.00. The minimum atomic E-state index is -0.221. The maximum absolute atomic E-state index is 11.4. The van der Waals surface area contributed by atoms with Gasteiger partial charge < -0.3 is 10.4 Å². The van der Waals surface area contributed by atoms with Crippen LogP contribution in [-0.2, 0) is 11.3 Å². The number of aryl methyl sites for hydroxylation is 1. The number of aromatic nitrogens is 2. The first-order chi connectivity index (χ1) is 7.24. The first-order valence-corrected chi connectivity index (χ1v) is 5.19. The Hall–Kier alpha value is -1.36. The third-order valence-electron chi connectivity index (χ3n) is 2.61. The van der Waals surface area contributed by atoms with Crippen molar-refractivity contribution < 1.29 is 9.90 Å². The van der Waals surface area contributed by atoms with Crippen molar-refractivity contribution >= 4 is 5.91 Å². The van der Waals surface area contributed by atoms with Gasteiger partial charge in [0.25, 0.3) is 0 Å². The van der Waals surface area contributed by atoms with Crippen LogP contribution in [0, 0.1) is 0 Å². The van der Waals surface area contributed by atoms with E-state index < -0.39 is 0 Å². The lowest BCUT2D eigenvalue weighted by Crippen LogP contribution is -2.46. The first kappa shape index (κ1) is 10.2. The lowest BCUT2D eigenvalue weighted by molar-refractivity contribution is -0.123. The molecule has 15 heavy (non-hydrogen) atoms. The van der Waals surface area contributed by atoms with Crippen LogP contribution in [0.2, 0.25) is 0 Å². The third-order valence-corrected chi connectivity index (χ3v) is 2.61. The van der Waals surface area contributed by atoms with E-state index in [1.165, 1.54) is 0 Å². The van der Waals surface area contributed by atoms with E-state index in [4.69, 9.17) is 5.11 Å². The average molecular weight is 209 g/mol. The van der Waals surface area contributed by atoms with E-state index in [0.717, 1.165) is 0 Å². The van der Waals surface area contributed by atoms with E-state index in [1.54, 1.807) is 10.9 Å². The summed E-state index contributed by atoms with van der Waals surface area (Å²) in [4.78, 5) is 11.4. The molecule has 0 radical (unpaired) electrons. The maximum atomic E-state index is 11.4. The van der Waals surface area contributed by atoms with Crippen molar-refractivity contribution in [3.8, 4) is 0 Å². The van der Waals surface area contributed by atoms with Gasteiger partial charge in [-0.1, -0.05) is 0 Å². The van der Waals surface area contributed by atoms with Crippen LogP contribution in [0.25, 0.3) is 0 Å². The van der Waals surface area contributed by atoms with Crippen molar-refractivity contribution in [2.75, 3.05) is 0 Å². The molecule has 1 amide bonds. The van der Waals surface area contributed by atoms with Crippen LogP contribution in [0.3, 0.4) is 0 Å². The topological polar surface area (TPSA) is 67.2 Å². The Morgan fingerprint density at radius 1 is 1.60 bits per heavy atom. The predicted molar refractivity (Wildman–Crippen MR) is 54.0 cm³/mol. The monoisotopic (exact) mass is 209 g/mol. The standard InChI is InChI=1S/C10H15N3O2/c14-9-6-8(7-9)12-10(15)2-5-13-4-1-3-11-13/h1,3-4,8-9,14H,2,5-7H2,(H,12,15). The zero-order valence-electron chi connectivity index (χ0n) is 8.47. The summed E-state index contributed by atoms with van der Waals surface area (Å²) in [6.07, 6.45) is 5.12. The number of nitrogens with one attached hydrogen (secondary N) is 1. The van der Waals surface area contributed by atoms with Crippen molar-refractivity contribution in [3.05, 3.63) is 18.5 Å². The highest BCUT2D eigenvalue weighted by Crippen LogP contribution is 2.19. The fourth-order valence-corrected chi connectivity index (χ4v) is 1.65. The molecule has 0 bridgehead atoms. The molecule has 82 valence electrons. The van der Waals surface area contributed by atoms with Crippen LogP contribution in [-0.4, -0.2) is 32.9 Å². The highest BCUT2D eigenvalue weighted by atomic mass is 16.3. The van der Waals surface area contributed by atoms with Gasteiger partial charge in [-0.05, 0) is 18.9 Å². The van der Waals surface area contributed by atoms with Crippen molar-refractivity contribution in [1.82, 2.24) is 15.1 Å². The first-order valence-electron chi connectivity index (χ1n) is 5.19. The molecule has 0 aromatic carbocycles. The average Bonchev–Trinajstić information content (AvgIpc) is 2.65. The number of aliphatic hydroxyl groups excluding tert-OH is 1. The minimum absolute atomic E-state index is 0.0300. The van der Waals surface area contributed by atoms with Crippen LogP contribution in [0.4, 0.5) is 0 Å². The number of amides is 1. The molecule has 1 aliphatic carbocycles. The highest BCUT2D eigenvalue weighted by Gasteiger charge is 2.27. The number of hydrogen-bond acceptors (Lipinski definition) is 3. The molecule has 2 rings (SSSR count). The number of hydrogen-bond donors (Lipinski definition) is 2. The fraction of sp³-hybridized carbons (Fsp3) is 0.600. The molecule has 2 N–H and O–H groups in total. The fourth-order valence-electron chi connectivity index (χ4n) is 1.65. The molecule has 0 atom stereocenters. The third kappa shape index (κ3) is 2.79. The zero-order chi connectivity index (χ0) is 10.7. The van der Waals surface area contributed by atoms with Crippen LogP contribution in [0.1, 0.15) is 19.3 Å². The molecule has 1 aromatic rings. The predicted octanol–water partition coefficient (Wildman–Crippen LogP) is -0.0873. The SMILES string of the molecule is O=C(CCn1cccn1)NC1CC(O)C1. The number of rotatable bonds is 4. The molecule has 0 aliphatic heterocycles. The Morgan fingerprint density at radius 2 is 2.40 bits per heavy atom. The number of carbonyl (C=O) groups excluding carboxylic acids is 1. The molecule has 5 nitrogen and oxygen atoms in total. The molecule has 5 heteroatoms. The van der Waals surface area contributed by atoms with E-state index in [0.29, 0.717) is 25.8 Å². The molecule has 1 aliphatic rings. The van der Waals surface area contributed by atoms with Crippen molar-refractivity contribution in [2.24, 2.45) is 0 Å². The van der Waals surface area contributed by atoms with E-state index in [2.05, 4.69) is 10.4 Å². The zero-order valence-corrected chi connectivity index (χ0v) is 8.47. The normalized spacial score (nSPS) is 24.6. The Bertz CT molecular complexity index is 317. The van der Waals surface area contributed by atoms with E-state index >= 15 is 0 Å². The largest absolute Gasteiger partial charge is 0.393 e. The minimum Gasteiger partial charge on any atom is -0.393 e. The van der Waals surface area contributed by atoms with E-state index in [1.807, 2.05) is 12.3 Å². The van der Waals surface area contributed by atoms with E-state index in [9.17, 15) is 4.79 Å². The van der Waals surface area contributed by atoms with Gasteiger partial charge in [0.15, 0.2) is 0 Å². The van der Waals surface area contributed by atoms with Crippen LogP contribution in [0.15, 0.2) is 18.5 Å². The maximum Gasteiger partial charge on any atom is 0.222 e. The van der Waals surface area contributed by atoms with Gasteiger partial charge in [-0.3, -0.25) is 9.48 Å². The second-order valence-electron chi connectivity index (χ2n) is 3.91. The van der Waals surface area contributed by atoms with Crippen molar-refractivity contribution in [1.29, 1.82) is 0 Å². The summed E-state index contributed by atoms with van der Waals surface area (Å²) in [5.74, 6) is 0.0300. The van der Waals surface area contributed by atoms with Gasteiger partial charge in [0.1, 0.15) is 0 Å². The van der Waals surface area contributed by atoms with Gasteiger partial charge >= 0.3 is 0 Å². The van der Waals surface area contributed by atoms with Gasteiger partial charge in [-0.2, -0.15) is 5.10 Å². The van der Waals surface area contributed by atoms with E-state index in [-0.39, 0.29) is 18.1 Å². The van der Waals surface area contributed by atoms with Gasteiger partial charge in [-0.25, -0.2) is 0 Å². The van der Waals surface area contributed by atoms with Crippen molar-refractivity contribution in [2.45, 2.75) is 38.0 Å². The molecule has 1 fully saturated rings. The smallest absolute Gasteiger partial charge is 0.222 e. The van der Waals surface area contributed by atoms with Gasteiger partial charge in [0.05, 0.1) is 6.10 Å². The number of aliphatic hydroxyl groups is 1. The lowest BCUT2D eigenvalue weighted by atomic mass is 9.89. The molecule has 1 saturated carbocycles. The Labute approximate surface area is 88.1 Å². The van der Waals surface area contributed by atoms with Gasteiger partial charge in [0, 0.05) is 31.4 Å². The summed E-state index contributed by atoms with van der Waals surface area (Å²) in [7, 11) is 0. The molecular weight excluding hydrogens is 194 g/mol. The lowest BCUT2D eigenvalue weighted by Gasteiger charge is -2.31. The Morgan fingerprint density at radius 3 is 3.00 bits per heavy atom. The second-order valence-corrected chi connectivity index (χ2v) is 3.91. The summed E-state index contributed by atoms with van der Waals surface area (Å²) in [5, 5.41) is 15.9. The summed E-state index contributed by atoms with van der Waals surface area (Å²) in [5.41, 5.74) is 0. The molecule has 1 heterocycles. The van der Waals surface area contributed by atoms with Crippen LogP contribution >= 0.6 is 0 Å². The Balaban J connectivity index is 1.65. The molecule has 0 spiro atoms. The van der Waals surface area contributed by atoms with Crippen molar-refractivity contribution in [3.63, 3.8) is 0 Å². The van der Waals surface area contributed by atoms with Gasteiger partial charge in [-0.15, -0.1) is 0 Å². The molecule has 0 saturated heterocycles. The van der Waals surface area contributed by atoms with Crippen LogP contribution < -0.4 is 5.32 Å². The summed E-state index contributed by atoms with van der Waals surface area (Å²) >= 11 is 0. The molecular formula is C10H15N3O2. The molecule has 0 unspecified atom stereocenters. The number of carbonyl (C=O) groups is 1. The van der Waals surface area contributed by atoms with Crippen LogP contribution in [0.5, 0.6) is 0 Å². The second kappa shape index (κ2) is 4.44. The summed E-state index contributed by atoms with van der Waals surface area (Å²) in [6.45, 7) is 0.605.